The van der Waals surface area contributed by atoms with Crippen LogP contribution in [0.25, 0.3) is 0 Å². The molecule has 2 heterocycles. The van der Waals surface area contributed by atoms with E-state index in [2.05, 4.69) is 15.8 Å². The zero-order valence-electron chi connectivity index (χ0n) is 17.5. The number of piperazine rings is 1. The van der Waals surface area contributed by atoms with E-state index in [0.717, 1.165) is 0 Å². The van der Waals surface area contributed by atoms with E-state index >= 15 is 0 Å². The second-order valence-corrected chi connectivity index (χ2v) is 9.44. The molecule has 0 aromatic heterocycles. The standard InChI is InChI=1S/C21H24N4O6S/c1-24-7-9-25(10-8-24)32(28,29)17-4-2-3-15(13-17)20(26)22-23-21(27)16-5-6-18-19(14-16)31-12-11-30-18/h2-6,13-14H,7-12H2,1H3,(H,22,26)(H,23,27). The predicted molar refractivity (Wildman–Crippen MR) is 115 cm³/mol. The number of rotatable bonds is 4. The van der Waals surface area contributed by atoms with Gasteiger partial charge in [-0.2, -0.15) is 4.31 Å². The maximum absolute atomic E-state index is 12.9. The van der Waals surface area contributed by atoms with Crippen LogP contribution in [0.4, 0.5) is 0 Å². The number of nitrogens with one attached hydrogen (secondary N) is 2. The number of hydrazine groups is 1. The summed E-state index contributed by atoms with van der Waals surface area (Å²) in [6, 6.07) is 10.4. The van der Waals surface area contributed by atoms with E-state index in [0.29, 0.717) is 50.9 Å². The maximum atomic E-state index is 12.9. The molecule has 1 fully saturated rings. The van der Waals surface area contributed by atoms with Crippen LogP contribution in [0.1, 0.15) is 20.7 Å². The number of sulfonamides is 1. The Hall–Kier alpha value is -3.15. The highest BCUT2D eigenvalue weighted by Crippen LogP contribution is 2.30. The molecule has 0 atom stereocenters. The number of carbonyl (C=O) groups is 2. The molecule has 2 aromatic carbocycles. The molecule has 170 valence electrons. The third-order valence-corrected chi connectivity index (χ3v) is 7.18. The van der Waals surface area contributed by atoms with Crippen LogP contribution >= 0.6 is 0 Å². The Labute approximate surface area is 186 Å². The van der Waals surface area contributed by atoms with Crippen molar-refractivity contribution in [3.63, 3.8) is 0 Å². The van der Waals surface area contributed by atoms with Gasteiger partial charge in [-0.3, -0.25) is 20.4 Å². The molecule has 2 aromatic rings. The number of nitrogens with zero attached hydrogens (tertiary/aromatic N) is 2. The molecule has 2 N–H and O–H groups in total. The molecule has 0 aliphatic carbocycles. The minimum Gasteiger partial charge on any atom is -0.486 e. The highest BCUT2D eigenvalue weighted by Gasteiger charge is 2.28. The summed E-state index contributed by atoms with van der Waals surface area (Å²) < 4.78 is 38.1. The first kappa shape index (κ1) is 22.1. The molecule has 0 bridgehead atoms. The first-order valence-electron chi connectivity index (χ1n) is 10.1. The fraction of sp³-hybridized carbons (Fsp3) is 0.333. The number of ether oxygens (including phenoxy) is 2. The van der Waals surface area contributed by atoms with Crippen LogP contribution in [0.15, 0.2) is 47.4 Å². The van der Waals surface area contributed by atoms with Crippen molar-refractivity contribution < 1.29 is 27.5 Å². The zero-order chi connectivity index (χ0) is 22.7. The molecule has 2 amide bonds. The van der Waals surface area contributed by atoms with Gasteiger partial charge in [0.05, 0.1) is 4.90 Å². The minimum atomic E-state index is -3.71. The third-order valence-electron chi connectivity index (χ3n) is 5.29. The maximum Gasteiger partial charge on any atom is 0.269 e. The largest absolute Gasteiger partial charge is 0.486 e. The highest BCUT2D eigenvalue weighted by atomic mass is 32.2. The van der Waals surface area contributed by atoms with Gasteiger partial charge in [0.15, 0.2) is 11.5 Å². The summed E-state index contributed by atoms with van der Waals surface area (Å²) in [6.07, 6.45) is 0. The molecule has 0 unspecified atom stereocenters. The quantitative estimate of drug-likeness (QED) is 0.637. The molecule has 0 saturated carbocycles. The lowest BCUT2D eigenvalue weighted by molar-refractivity contribution is 0.0846. The summed E-state index contributed by atoms with van der Waals surface area (Å²) in [5.41, 5.74) is 5.04. The molecule has 4 rings (SSSR count). The van der Waals surface area contributed by atoms with Gasteiger partial charge >= 0.3 is 0 Å². The fourth-order valence-corrected chi connectivity index (χ4v) is 4.89. The molecular weight excluding hydrogens is 436 g/mol. The normalized spacial score (nSPS) is 16.9. The van der Waals surface area contributed by atoms with Crippen molar-refractivity contribution in [2.75, 3.05) is 46.4 Å². The number of hydrogen-bond acceptors (Lipinski definition) is 7. The average molecular weight is 461 g/mol. The van der Waals surface area contributed by atoms with Crippen molar-refractivity contribution in [2.24, 2.45) is 0 Å². The Balaban J connectivity index is 1.41. The average Bonchev–Trinajstić information content (AvgIpc) is 2.82. The van der Waals surface area contributed by atoms with Crippen molar-refractivity contribution >= 4 is 21.8 Å². The Bertz CT molecular complexity index is 1130. The van der Waals surface area contributed by atoms with Gasteiger partial charge in [0.1, 0.15) is 13.2 Å². The number of hydrogen-bond donors (Lipinski definition) is 2. The molecule has 2 aliphatic rings. The number of amides is 2. The zero-order valence-corrected chi connectivity index (χ0v) is 18.4. The molecule has 0 spiro atoms. The van der Waals surface area contributed by atoms with Gasteiger partial charge in [-0.05, 0) is 43.4 Å². The molecule has 32 heavy (non-hydrogen) atoms. The minimum absolute atomic E-state index is 0.0351. The molecular formula is C21H24N4O6S. The Morgan fingerprint density at radius 1 is 0.844 bits per heavy atom. The number of benzene rings is 2. The van der Waals surface area contributed by atoms with E-state index in [-0.39, 0.29) is 16.0 Å². The molecule has 0 radical (unpaired) electrons. The summed E-state index contributed by atoms with van der Waals surface area (Å²) >= 11 is 0. The third kappa shape index (κ3) is 4.69. The van der Waals surface area contributed by atoms with E-state index in [1.165, 1.54) is 34.6 Å². The van der Waals surface area contributed by atoms with Crippen LogP contribution in [0.3, 0.4) is 0 Å². The second kappa shape index (κ2) is 9.15. The highest BCUT2D eigenvalue weighted by molar-refractivity contribution is 7.89. The summed E-state index contributed by atoms with van der Waals surface area (Å²) in [6.45, 7) is 2.90. The summed E-state index contributed by atoms with van der Waals surface area (Å²) in [4.78, 5) is 27.0. The van der Waals surface area contributed by atoms with Crippen LogP contribution in [0.2, 0.25) is 0 Å². The van der Waals surface area contributed by atoms with Crippen molar-refractivity contribution in [3.05, 3.63) is 53.6 Å². The van der Waals surface area contributed by atoms with Gasteiger partial charge in [0.2, 0.25) is 10.0 Å². The van der Waals surface area contributed by atoms with Gasteiger partial charge < -0.3 is 14.4 Å². The van der Waals surface area contributed by atoms with Gasteiger partial charge in [-0.15, -0.1) is 0 Å². The Kier molecular flexibility index (Phi) is 6.31. The molecule has 2 aliphatic heterocycles. The van der Waals surface area contributed by atoms with Crippen molar-refractivity contribution in [3.8, 4) is 11.5 Å². The monoisotopic (exact) mass is 460 g/mol. The lowest BCUT2D eigenvalue weighted by Gasteiger charge is -2.31. The van der Waals surface area contributed by atoms with Crippen molar-refractivity contribution in [2.45, 2.75) is 4.90 Å². The first-order valence-corrected chi connectivity index (χ1v) is 11.6. The van der Waals surface area contributed by atoms with Crippen molar-refractivity contribution in [1.29, 1.82) is 0 Å². The van der Waals surface area contributed by atoms with E-state index in [1.807, 2.05) is 7.05 Å². The smallest absolute Gasteiger partial charge is 0.269 e. The van der Waals surface area contributed by atoms with Crippen molar-refractivity contribution in [1.82, 2.24) is 20.1 Å². The van der Waals surface area contributed by atoms with Gasteiger partial charge in [-0.1, -0.05) is 6.07 Å². The first-order chi connectivity index (χ1) is 15.3. The van der Waals surface area contributed by atoms with E-state index in [9.17, 15) is 18.0 Å². The topological polar surface area (TPSA) is 117 Å². The van der Waals surface area contributed by atoms with Crippen LogP contribution < -0.4 is 20.3 Å². The van der Waals surface area contributed by atoms with Gasteiger partial charge in [0, 0.05) is 37.3 Å². The molecule has 11 heteroatoms. The second-order valence-electron chi connectivity index (χ2n) is 7.50. The fourth-order valence-electron chi connectivity index (χ4n) is 3.42. The number of carbonyl (C=O) groups excluding carboxylic acids is 2. The number of fused-ring (bicyclic) bond motifs is 1. The van der Waals surface area contributed by atoms with Crippen LogP contribution in [-0.2, 0) is 10.0 Å². The summed E-state index contributed by atoms with van der Waals surface area (Å²) in [7, 11) is -1.77. The van der Waals surface area contributed by atoms with E-state index < -0.39 is 21.8 Å². The SMILES string of the molecule is CN1CCN(S(=O)(=O)c2cccc(C(=O)NNC(=O)c3ccc4c(c3)OCCO4)c2)CC1. The van der Waals surface area contributed by atoms with Gasteiger partial charge in [0.25, 0.3) is 11.8 Å². The summed E-state index contributed by atoms with van der Waals surface area (Å²) in [5.74, 6) is -0.171. The lowest BCUT2D eigenvalue weighted by atomic mass is 10.2. The van der Waals surface area contributed by atoms with Gasteiger partial charge in [-0.25, -0.2) is 8.42 Å². The Morgan fingerprint density at radius 2 is 1.47 bits per heavy atom. The number of likely N-dealkylation sites (N-methyl/N-ethyl adjacent to an activating group) is 1. The predicted octanol–water partition coefficient (Wildman–Crippen LogP) is 0.469. The molecule has 1 saturated heterocycles. The van der Waals surface area contributed by atoms with E-state index in [1.54, 1.807) is 12.1 Å². The lowest BCUT2D eigenvalue weighted by Crippen LogP contribution is -2.47. The van der Waals surface area contributed by atoms with Crippen LogP contribution in [-0.4, -0.2) is 75.9 Å². The Morgan fingerprint density at radius 3 is 2.16 bits per heavy atom. The van der Waals surface area contributed by atoms with Crippen LogP contribution in [0.5, 0.6) is 11.5 Å². The van der Waals surface area contributed by atoms with Crippen LogP contribution in [0, 0.1) is 0 Å². The summed E-state index contributed by atoms with van der Waals surface area (Å²) in [5, 5.41) is 0. The molecule has 10 nitrogen and oxygen atoms in total. The van der Waals surface area contributed by atoms with E-state index in [4.69, 9.17) is 9.47 Å².